The summed E-state index contributed by atoms with van der Waals surface area (Å²) >= 11 is 0. The Bertz CT molecular complexity index is 584. The molecule has 1 aliphatic heterocycles. The zero-order chi connectivity index (χ0) is 19.6. The molecule has 0 spiro atoms. The molecule has 1 amide bonds. The van der Waals surface area contributed by atoms with Crippen LogP contribution in [0.1, 0.15) is 31.4 Å². The lowest BCUT2D eigenvalue weighted by molar-refractivity contribution is -0.122. The summed E-state index contributed by atoms with van der Waals surface area (Å²) in [4.78, 5) is 16.7. The fourth-order valence-electron chi connectivity index (χ4n) is 3.26. The molecule has 0 aliphatic carbocycles. The average Bonchev–Trinajstić information content (AvgIpc) is 2.63. The van der Waals surface area contributed by atoms with Gasteiger partial charge >= 0.3 is 0 Å². The Morgan fingerprint density at radius 3 is 2.56 bits per heavy atom. The summed E-state index contributed by atoms with van der Waals surface area (Å²) in [6, 6.07) is 6.31. The summed E-state index contributed by atoms with van der Waals surface area (Å²) in [7, 11) is 1.72. The second kappa shape index (κ2) is 11.3. The van der Waals surface area contributed by atoms with Crippen LogP contribution in [0.3, 0.4) is 0 Å². The largest absolute Gasteiger partial charge is 0.496 e. The number of ether oxygens (including phenoxy) is 2. The molecule has 27 heavy (non-hydrogen) atoms. The van der Waals surface area contributed by atoms with Gasteiger partial charge in [0.15, 0.2) is 0 Å². The molecular formula is C21H35N3O3. The van der Waals surface area contributed by atoms with Gasteiger partial charge in [-0.2, -0.15) is 0 Å². The minimum Gasteiger partial charge on any atom is -0.496 e. The van der Waals surface area contributed by atoms with Gasteiger partial charge in [0.25, 0.3) is 0 Å². The maximum absolute atomic E-state index is 12.1. The smallest absolute Gasteiger partial charge is 0.234 e. The van der Waals surface area contributed by atoms with Crippen LogP contribution >= 0.6 is 0 Å². The summed E-state index contributed by atoms with van der Waals surface area (Å²) < 4.78 is 11.0. The van der Waals surface area contributed by atoms with Crippen LogP contribution in [-0.2, 0) is 16.1 Å². The zero-order valence-corrected chi connectivity index (χ0v) is 17.3. The normalized spacial score (nSPS) is 15.9. The highest BCUT2D eigenvalue weighted by molar-refractivity contribution is 5.77. The van der Waals surface area contributed by atoms with Crippen molar-refractivity contribution in [1.82, 2.24) is 15.1 Å². The zero-order valence-electron chi connectivity index (χ0n) is 17.3. The first-order chi connectivity index (χ1) is 13.0. The number of carbonyl (C=O) groups excluding carboxylic acids is 1. The minimum atomic E-state index is 0.105. The van der Waals surface area contributed by atoms with Gasteiger partial charge in [-0.3, -0.25) is 14.6 Å². The van der Waals surface area contributed by atoms with Gasteiger partial charge in [0.05, 0.1) is 19.8 Å². The fourth-order valence-corrected chi connectivity index (χ4v) is 3.26. The Morgan fingerprint density at radius 1 is 1.19 bits per heavy atom. The molecule has 1 saturated heterocycles. The maximum Gasteiger partial charge on any atom is 0.234 e. The van der Waals surface area contributed by atoms with Crippen molar-refractivity contribution in [3.8, 4) is 5.75 Å². The van der Waals surface area contributed by atoms with Crippen LogP contribution in [0.4, 0.5) is 0 Å². The second-order valence-corrected chi connectivity index (χ2v) is 7.49. The van der Waals surface area contributed by atoms with Crippen molar-refractivity contribution in [2.45, 2.75) is 39.8 Å². The molecule has 2 rings (SSSR count). The highest BCUT2D eigenvalue weighted by Gasteiger charge is 2.20. The number of piperazine rings is 1. The van der Waals surface area contributed by atoms with E-state index in [4.69, 9.17) is 9.47 Å². The number of aryl methyl sites for hydroxylation is 1. The van der Waals surface area contributed by atoms with Gasteiger partial charge in [-0.25, -0.2) is 0 Å². The Morgan fingerprint density at radius 2 is 1.89 bits per heavy atom. The molecule has 0 bridgehead atoms. The number of rotatable bonds is 10. The molecule has 0 radical (unpaired) electrons. The summed E-state index contributed by atoms with van der Waals surface area (Å²) in [5.41, 5.74) is 2.48. The van der Waals surface area contributed by atoms with E-state index in [0.717, 1.165) is 44.9 Å². The van der Waals surface area contributed by atoms with Crippen LogP contribution < -0.4 is 10.1 Å². The SMILES string of the molecule is COc1ccc(C)cc1CN1CCN(CC(=O)NCCCOC(C)C)CC1. The molecule has 152 valence electrons. The molecular weight excluding hydrogens is 342 g/mol. The maximum atomic E-state index is 12.1. The molecule has 1 aromatic carbocycles. The summed E-state index contributed by atoms with van der Waals surface area (Å²) in [6.45, 7) is 12.6. The van der Waals surface area contributed by atoms with Crippen LogP contribution in [0.2, 0.25) is 0 Å². The molecule has 0 unspecified atom stereocenters. The van der Waals surface area contributed by atoms with E-state index in [1.807, 2.05) is 19.9 Å². The molecule has 1 fully saturated rings. The molecule has 1 aliphatic rings. The number of hydrogen-bond acceptors (Lipinski definition) is 5. The van der Waals surface area contributed by atoms with Gasteiger partial charge in [0.2, 0.25) is 5.91 Å². The minimum absolute atomic E-state index is 0.105. The summed E-state index contributed by atoms with van der Waals surface area (Å²) in [5, 5.41) is 2.99. The number of methoxy groups -OCH3 is 1. The highest BCUT2D eigenvalue weighted by atomic mass is 16.5. The number of carbonyl (C=O) groups is 1. The fraction of sp³-hybridized carbons (Fsp3) is 0.667. The van der Waals surface area contributed by atoms with E-state index in [1.165, 1.54) is 11.1 Å². The summed E-state index contributed by atoms with van der Waals surface area (Å²) in [6.07, 6.45) is 1.10. The third kappa shape index (κ3) is 7.87. The standard InChI is InChI=1S/C21H35N3O3/c1-17(2)27-13-5-8-22-21(25)16-24-11-9-23(10-12-24)15-19-14-18(3)6-7-20(19)26-4/h6-7,14,17H,5,8-13,15-16H2,1-4H3,(H,22,25). The van der Waals surface area contributed by atoms with E-state index in [9.17, 15) is 4.79 Å². The van der Waals surface area contributed by atoms with Crippen LogP contribution in [0.5, 0.6) is 5.75 Å². The molecule has 0 saturated carbocycles. The molecule has 1 heterocycles. The summed E-state index contributed by atoms with van der Waals surface area (Å²) in [5.74, 6) is 1.05. The average molecular weight is 378 g/mol. The van der Waals surface area contributed by atoms with E-state index >= 15 is 0 Å². The van der Waals surface area contributed by atoms with Gasteiger partial charge in [0, 0.05) is 51.4 Å². The number of benzene rings is 1. The van der Waals surface area contributed by atoms with Gasteiger partial charge < -0.3 is 14.8 Å². The predicted octanol–water partition coefficient (Wildman–Crippen LogP) is 2.05. The van der Waals surface area contributed by atoms with Gasteiger partial charge in [-0.1, -0.05) is 17.7 Å². The lowest BCUT2D eigenvalue weighted by Crippen LogP contribution is -2.49. The molecule has 6 heteroatoms. The quantitative estimate of drug-likeness (QED) is 0.633. The predicted molar refractivity (Wildman–Crippen MR) is 108 cm³/mol. The van der Waals surface area contributed by atoms with Gasteiger partial charge in [0.1, 0.15) is 5.75 Å². The highest BCUT2D eigenvalue weighted by Crippen LogP contribution is 2.21. The van der Waals surface area contributed by atoms with Crippen LogP contribution in [0.15, 0.2) is 18.2 Å². The number of hydrogen-bond donors (Lipinski definition) is 1. The molecule has 0 aromatic heterocycles. The van der Waals surface area contributed by atoms with Crippen molar-refractivity contribution in [1.29, 1.82) is 0 Å². The van der Waals surface area contributed by atoms with E-state index in [1.54, 1.807) is 7.11 Å². The third-order valence-corrected chi connectivity index (χ3v) is 4.76. The van der Waals surface area contributed by atoms with E-state index in [0.29, 0.717) is 19.7 Å². The van der Waals surface area contributed by atoms with Crippen molar-refractivity contribution >= 4 is 5.91 Å². The molecule has 1 N–H and O–H groups in total. The number of amides is 1. The molecule has 6 nitrogen and oxygen atoms in total. The Hall–Kier alpha value is -1.63. The first-order valence-electron chi connectivity index (χ1n) is 9.94. The third-order valence-electron chi connectivity index (χ3n) is 4.76. The van der Waals surface area contributed by atoms with E-state index < -0.39 is 0 Å². The Kier molecular flexibility index (Phi) is 9.04. The van der Waals surface area contributed by atoms with E-state index in [2.05, 4.69) is 34.2 Å². The van der Waals surface area contributed by atoms with Crippen LogP contribution in [0, 0.1) is 6.92 Å². The van der Waals surface area contributed by atoms with Crippen molar-refractivity contribution in [3.63, 3.8) is 0 Å². The molecule has 1 aromatic rings. The van der Waals surface area contributed by atoms with Gasteiger partial charge in [-0.05, 0) is 33.3 Å². The van der Waals surface area contributed by atoms with Gasteiger partial charge in [-0.15, -0.1) is 0 Å². The van der Waals surface area contributed by atoms with Crippen LogP contribution in [0.25, 0.3) is 0 Å². The first-order valence-corrected chi connectivity index (χ1v) is 9.94. The number of nitrogens with one attached hydrogen (secondary N) is 1. The monoisotopic (exact) mass is 377 g/mol. The van der Waals surface area contributed by atoms with Crippen LogP contribution in [-0.4, -0.2) is 74.8 Å². The Balaban J connectivity index is 1.66. The molecule has 0 atom stereocenters. The van der Waals surface area contributed by atoms with Crippen molar-refractivity contribution < 1.29 is 14.3 Å². The van der Waals surface area contributed by atoms with Crippen molar-refractivity contribution in [3.05, 3.63) is 29.3 Å². The Labute approximate surface area is 163 Å². The lowest BCUT2D eigenvalue weighted by Gasteiger charge is -2.34. The van der Waals surface area contributed by atoms with Crippen molar-refractivity contribution in [2.75, 3.05) is 53.0 Å². The topological polar surface area (TPSA) is 54.0 Å². The second-order valence-electron chi connectivity index (χ2n) is 7.49. The lowest BCUT2D eigenvalue weighted by atomic mass is 10.1. The number of nitrogens with zero attached hydrogens (tertiary/aromatic N) is 2. The van der Waals surface area contributed by atoms with Crippen molar-refractivity contribution in [2.24, 2.45) is 0 Å². The van der Waals surface area contributed by atoms with E-state index in [-0.39, 0.29) is 12.0 Å². The first kappa shape index (κ1) is 21.7.